The molecule has 0 saturated carbocycles. The van der Waals surface area contributed by atoms with Gasteiger partial charge in [-0.25, -0.2) is 4.79 Å². The Balaban J connectivity index is 2.01. The van der Waals surface area contributed by atoms with Crippen molar-refractivity contribution >= 4 is 6.09 Å². The molecule has 2 rings (SSSR count). The van der Waals surface area contributed by atoms with Gasteiger partial charge >= 0.3 is 6.09 Å². The largest absolute Gasteiger partial charge is 0.447 e. The molecule has 1 amide bonds. The van der Waals surface area contributed by atoms with Crippen LogP contribution in [0.3, 0.4) is 0 Å². The molecule has 3 atom stereocenters. The van der Waals surface area contributed by atoms with Crippen molar-refractivity contribution in [3.63, 3.8) is 0 Å². The molecule has 0 bridgehead atoms. The number of hydrogen-bond donors (Lipinski definition) is 2. The molecule has 5 nitrogen and oxygen atoms in total. The molecule has 1 aromatic carbocycles. The van der Waals surface area contributed by atoms with E-state index in [1.165, 1.54) is 0 Å². The molecule has 1 aromatic rings. The van der Waals surface area contributed by atoms with Gasteiger partial charge in [0.25, 0.3) is 0 Å². The number of carbonyl (C=O) groups is 1. The number of alkyl carbamates (subject to hydrolysis) is 1. The molecule has 21 heavy (non-hydrogen) atoms. The number of carbonyl (C=O) groups excluding carboxylic acids is 1. The van der Waals surface area contributed by atoms with Crippen LogP contribution in [0.15, 0.2) is 30.3 Å². The van der Waals surface area contributed by atoms with Gasteiger partial charge in [0, 0.05) is 0 Å². The van der Waals surface area contributed by atoms with Crippen molar-refractivity contribution in [1.29, 1.82) is 0 Å². The molecule has 116 valence electrons. The number of amides is 1. The maximum Gasteiger partial charge on any atom is 0.407 e. The van der Waals surface area contributed by atoms with Gasteiger partial charge in [0.05, 0.1) is 18.8 Å². The number of nitrogens with one attached hydrogen (secondary N) is 1. The number of aliphatic hydroxyl groups is 1. The number of cyclic esters (lactones) is 1. The fourth-order valence-corrected chi connectivity index (χ4v) is 2.50. The SMILES string of the molecule is CCC[C@@H](OCc1ccccc1)[C@@](C)(O)[C@@H]1COC(=O)N1. The topological polar surface area (TPSA) is 67.8 Å². The molecule has 1 saturated heterocycles. The van der Waals surface area contributed by atoms with Crippen LogP contribution in [0.2, 0.25) is 0 Å². The predicted molar refractivity (Wildman–Crippen MR) is 78.8 cm³/mol. The van der Waals surface area contributed by atoms with Crippen molar-refractivity contribution in [2.45, 2.75) is 51.0 Å². The summed E-state index contributed by atoms with van der Waals surface area (Å²) in [6, 6.07) is 9.38. The van der Waals surface area contributed by atoms with Gasteiger partial charge in [0.2, 0.25) is 0 Å². The lowest BCUT2D eigenvalue weighted by atomic mass is 9.88. The highest BCUT2D eigenvalue weighted by Crippen LogP contribution is 2.25. The Labute approximate surface area is 125 Å². The van der Waals surface area contributed by atoms with Crippen molar-refractivity contribution in [3.05, 3.63) is 35.9 Å². The minimum Gasteiger partial charge on any atom is -0.447 e. The normalized spacial score (nSPS) is 22.2. The van der Waals surface area contributed by atoms with Crippen LogP contribution in [-0.2, 0) is 16.1 Å². The monoisotopic (exact) mass is 293 g/mol. The van der Waals surface area contributed by atoms with Crippen molar-refractivity contribution in [1.82, 2.24) is 5.32 Å². The summed E-state index contributed by atoms with van der Waals surface area (Å²) in [4.78, 5) is 11.2. The lowest BCUT2D eigenvalue weighted by Gasteiger charge is -2.36. The van der Waals surface area contributed by atoms with Crippen molar-refractivity contribution in [3.8, 4) is 0 Å². The highest BCUT2D eigenvalue weighted by Gasteiger charge is 2.44. The van der Waals surface area contributed by atoms with Crippen LogP contribution in [0.25, 0.3) is 0 Å². The summed E-state index contributed by atoms with van der Waals surface area (Å²) >= 11 is 0. The lowest BCUT2D eigenvalue weighted by Crippen LogP contribution is -2.56. The highest BCUT2D eigenvalue weighted by molar-refractivity contribution is 5.69. The maximum atomic E-state index is 11.2. The van der Waals surface area contributed by atoms with Gasteiger partial charge < -0.3 is 19.9 Å². The highest BCUT2D eigenvalue weighted by atomic mass is 16.6. The van der Waals surface area contributed by atoms with Crippen LogP contribution in [0.4, 0.5) is 4.79 Å². The molecule has 1 aliphatic rings. The van der Waals surface area contributed by atoms with E-state index in [0.717, 1.165) is 12.0 Å². The summed E-state index contributed by atoms with van der Waals surface area (Å²) in [5.74, 6) is 0. The summed E-state index contributed by atoms with van der Waals surface area (Å²) in [5, 5.41) is 13.4. The van der Waals surface area contributed by atoms with Crippen molar-refractivity contribution in [2.24, 2.45) is 0 Å². The summed E-state index contributed by atoms with van der Waals surface area (Å²) in [7, 11) is 0. The van der Waals surface area contributed by atoms with E-state index in [1.807, 2.05) is 37.3 Å². The van der Waals surface area contributed by atoms with Crippen LogP contribution < -0.4 is 5.32 Å². The van der Waals surface area contributed by atoms with Crippen LogP contribution in [0.1, 0.15) is 32.3 Å². The molecular formula is C16H23NO4. The van der Waals surface area contributed by atoms with E-state index in [9.17, 15) is 9.90 Å². The number of benzene rings is 1. The third-order valence-corrected chi connectivity index (χ3v) is 3.88. The van der Waals surface area contributed by atoms with E-state index < -0.39 is 17.7 Å². The van der Waals surface area contributed by atoms with Crippen LogP contribution in [-0.4, -0.2) is 35.6 Å². The number of hydrogen-bond acceptors (Lipinski definition) is 4. The molecule has 0 spiro atoms. The van der Waals surface area contributed by atoms with E-state index in [2.05, 4.69) is 5.32 Å². The van der Waals surface area contributed by atoms with E-state index in [0.29, 0.717) is 13.0 Å². The number of rotatable bonds is 7. The Kier molecular flexibility index (Phi) is 5.20. The smallest absolute Gasteiger partial charge is 0.407 e. The Bertz CT molecular complexity index is 461. The minimum absolute atomic E-state index is 0.167. The van der Waals surface area contributed by atoms with E-state index in [-0.39, 0.29) is 12.7 Å². The zero-order valence-corrected chi connectivity index (χ0v) is 12.5. The number of ether oxygens (including phenoxy) is 2. The molecule has 2 N–H and O–H groups in total. The summed E-state index contributed by atoms with van der Waals surface area (Å²) in [5.41, 5.74) is -0.113. The summed E-state index contributed by atoms with van der Waals surface area (Å²) < 4.78 is 10.8. The average Bonchev–Trinajstić information content (AvgIpc) is 2.92. The maximum absolute atomic E-state index is 11.2. The van der Waals surface area contributed by atoms with Gasteiger partial charge in [-0.05, 0) is 18.9 Å². The van der Waals surface area contributed by atoms with Gasteiger partial charge in [0.1, 0.15) is 12.2 Å². The van der Waals surface area contributed by atoms with Gasteiger partial charge in [-0.2, -0.15) is 0 Å². The molecule has 0 unspecified atom stereocenters. The first kappa shape index (κ1) is 15.8. The Morgan fingerprint density at radius 2 is 2.19 bits per heavy atom. The van der Waals surface area contributed by atoms with Gasteiger partial charge in [-0.15, -0.1) is 0 Å². The van der Waals surface area contributed by atoms with Crippen molar-refractivity contribution in [2.75, 3.05) is 6.61 Å². The fourth-order valence-electron chi connectivity index (χ4n) is 2.50. The van der Waals surface area contributed by atoms with Crippen LogP contribution in [0, 0.1) is 0 Å². The quantitative estimate of drug-likeness (QED) is 0.809. The van der Waals surface area contributed by atoms with Gasteiger partial charge in [-0.1, -0.05) is 43.7 Å². The predicted octanol–water partition coefficient (Wildman–Crippen LogP) is 2.23. The molecule has 0 aromatic heterocycles. The molecule has 1 fully saturated rings. The summed E-state index contributed by atoms with van der Waals surface area (Å²) in [6.45, 7) is 4.33. The molecule has 5 heteroatoms. The van der Waals surface area contributed by atoms with Crippen molar-refractivity contribution < 1.29 is 19.4 Å². The first-order chi connectivity index (χ1) is 10.0. The van der Waals surface area contributed by atoms with Gasteiger partial charge in [0.15, 0.2) is 0 Å². The summed E-state index contributed by atoms with van der Waals surface area (Å²) in [6.07, 6.45) is 0.747. The van der Waals surface area contributed by atoms with E-state index in [4.69, 9.17) is 9.47 Å². The Hall–Kier alpha value is -1.59. The van der Waals surface area contributed by atoms with Crippen LogP contribution in [0.5, 0.6) is 0 Å². The molecule has 0 aliphatic carbocycles. The Morgan fingerprint density at radius 3 is 2.76 bits per heavy atom. The second-order valence-corrected chi connectivity index (χ2v) is 5.60. The molecule has 1 heterocycles. The first-order valence-corrected chi connectivity index (χ1v) is 7.35. The standard InChI is InChI=1S/C16H23NO4/c1-3-7-14(20-10-12-8-5-4-6-9-12)16(2,19)13-11-21-15(18)17-13/h4-6,8-9,13-14,19H,3,7,10-11H2,1-2H3,(H,17,18)/t13-,14+,16-/m0/s1. The third-order valence-electron chi connectivity index (χ3n) is 3.88. The third kappa shape index (κ3) is 3.95. The van der Waals surface area contributed by atoms with Gasteiger partial charge in [-0.3, -0.25) is 0 Å². The second kappa shape index (κ2) is 6.91. The average molecular weight is 293 g/mol. The zero-order valence-electron chi connectivity index (χ0n) is 12.5. The molecule has 0 radical (unpaired) electrons. The molecule has 1 aliphatic heterocycles. The van der Waals surface area contributed by atoms with Crippen LogP contribution >= 0.6 is 0 Å². The lowest BCUT2D eigenvalue weighted by molar-refractivity contribution is -0.124. The Morgan fingerprint density at radius 1 is 1.48 bits per heavy atom. The van der Waals surface area contributed by atoms with E-state index >= 15 is 0 Å². The van der Waals surface area contributed by atoms with E-state index in [1.54, 1.807) is 6.92 Å². The fraction of sp³-hybridized carbons (Fsp3) is 0.562. The molecular weight excluding hydrogens is 270 g/mol. The minimum atomic E-state index is -1.17. The first-order valence-electron chi connectivity index (χ1n) is 7.35. The second-order valence-electron chi connectivity index (χ2n) is 5.60. The zero-order chi connectivity index (χ0) is 15.3.